The number of aryl methyl sites for hydroxylation is 1. The molecule has 2 atom stereocenters. The second-order valence-electron chi connectivity index (χ2n) is 6.19. The molecule has 1 amide bonds. The van der Waals surface area contributed by atoms with Gasteiger partial charge in [-0.05, 0) is 45.1 Å². The van der Waals surface area contributed by atoms with Gasteiger partial charge in [-0.1, -0.05) is 19.8 Å². The van der Waals surface area contributed by atoms with Crippen molar-refractivity contribution in [3.05, 3.63) is 22.5 Å². The minimum Gasteiger partial charge on any atom is -0.462 e. The summed E-state index contributed by atoms with van der Waals surface area (Å²) in [7, 11) is 0. The Morgan fingerprint density at radius 3 is 2.59 bits per heavy atom. The third-order valence-electron chi connectivity index (χ3n) is 4.57. The maximum atomic E-state index is 12.5. The molecule has 1 heterocycles. The molecule has 0 aliphatic heterocycles. The lowest BCUT2D eigenvalue weighted by atomic mass is 9.86. The quantitative estimate of drug-likeness (QED) is 0.840. The zero-order chi connectivity index (χ0) is 16.3. The van der Waals surface area contributed by atoms with Crippen LogP contribution in [0.2, 0.25) is 0 Å². The van der Waals surface area contributed by atoms with E-state index in [2.05, 4.69) is 17.2 Å². The van der Waals surface area contributed by atoms with Gasteiger partial charge in [-0.25, -0.2) is 4.79 Å². The number of rotatable bonds is 4. The largest absolute Gasteiger partial charge is 0.462 e. The van der Waals surface area contributed by atoms with Crippen LogP contribution in [0.3, 0.4) is 0 Å². The van der Waals surface area contributed by atoms with Crippen LogP contribution in [0.25, 0.3) is 0 Å². The number of hydrogen-bond donors (Lipinski definition) is 2. The predicted octanol–water partition coefficient (Wildman–Crippen LogP) is 3.12. The number of hydrogen-bond acceptors (Lipinski definition) is 3. The highest BCUT2D eigenvalue weighted by Crippen LogP contribution is 2.25. The molecule has 122 valence electrons. The molecule has 2 N–H and O–H groups in total. The SMILES string of the molecule is CCOC(=O)c1c(C)[nH]c(C(=O)N[C@@H]2CCCC[C@H]2C)c1C. The van der Waals surface area contributed by atoms with Crippen molar-refractivity contribution in [1.29, 1.82) is 0 Å². The van der Waals surface area contributed by atoms with Crippen LogP contribution in [0.5, 0.6) is 0 Å². The summed E-state index contributed by atoms with van der Waals surface area (Å²) in [6.45, 7) is 7.85. The van der Waals surface area contributed by atoms with E-state index in [9.17, 15) is 9.59 Å². The van der Waals surface area contributed by atoms with E-state index in [0.29, 0.717) is 35.0 Å². The second kappa shape index (κ2) is 6.99. The first kappa shape index (κ1) is 16.6. The van der Waals surface area contributed by atoms with Gasteiger partial charge in [0.2, 0.25) is 0 Å². The average molecular weight is 306 g/mol. The van der Waals surface area contributed by atoms with Crippen molar-refractivity contribution in [3.63, 3.8) is 0 Å². The molecule has 22 heavy (non-hydrogen) atoms. The lowest BCUT2D eigenvalue weighted by Crippen LogP contribution is -2.41. The van der Waals surface area contributed by atoms with Crippen LogP contribution in [0.15, 0.2) is 0 Å². The van der Waals surface area contributed by atoms with Crippen LogP contribution in [0.4, 0.5) is 0 Å². The molecule has 0 aromatic carbocycles. The van der Waals surface area contributed by atoms with Gasteiger partial charge in [-0.3, -0.25) is 4.79 Å². The Morgan fingerprint density at radius 1 is 1.27 bits per heavy atom. The Kier molecular flexibility index (Phi) is 5.27. The molecule has 0 radical (unpaired) electrons. The fourth-order valence-electron chi connectivity index (χ4n) is 3.26. The fourth-order valence-corrected chi connectivity index (χ4v) is 3.26. The molecular weight excluding hydrogens is 280 g/mol. The van der Waals surface area contributed by atoms with Crippen LogP contribution in [0, 0.1) is 19.8 Å². The highest BCUT2D eigenvalue weighted by Gasteiger charge is 2.27. The lowest BCUT2D eigenvalue weighted by Gasteiger charge is -2.29. The molecule has 1 aromatic rings. The zero-order valence-corrected chi connectivity index (χ0v) is 13.9. The maximum absolute atomic E-state index is 12.5. The molecule has 5 nitrogen and oxygen atoms in total. The number of H-pyrrole nitrogens is 1. The summed E-state index contributed by atoms with van der Waals surface area (Å²) in [5.74, 6) is -0.00711. The molecule has 5 heteroatoms. The van der Waals surface area contributed by atoms with Gasteiger partial charge in [0.25, 0.3) is 5.91 Å². The van der Waals surface area contributed by atoms with Crippen molar-refractivity contribution in [2.45, 2.75) is 59.4 Å². The number of nitrogens with one attached hydrogen (secondary N) is 2. The van der Waals surface area contributed by atoms with E-state index in [1.165, 1.54) is 6.42 Å². The van der Waals surface area contributed by atoms with Gasteiger partial charge >= 0.3 is 5.97 Å². The van der Waals surface area contributed by atoms with Crippen LogP contribution >= 0.6 is 0 Å². The molecule has 1 saturated carbocycles. The number of ether oxygens (including phenoxy) is 1. The van der Waals surface area contributed by atoms with Gasteiger partial charge in [0.1, 0.15) is 5.69 Å². The first-order chi connectivity index (χ1) is 10.5. The predicted molar refractivity (Wildman–Crippen MR) is 85.1 cm³/mol. The molecule has 1 fully saturated rings. The molecule has 2 rings (SSSR count). The van der Waals surface area contributed by atoms with E-state index in [1.807, 2.05) is 0 Å². The number of aromatic nitrogens is 1. The van der Waals surface area contributed by atoms with Crippen molar-refractivity contribution >= 4 is 11.9 Å². The van der Waals surface area contributed by atoms with Gasteiger partial charge < -0.3 is 15.0 Å². The summed E-state index contributed by atoms with van der Waals surface area (Å²) < 4.78 is 5.06. The van der Waals surface area contributed by atoms with Crippen molar-refractivity contribution in [2.24, 2.45) is 5.92 Å². The Labute approximate surface area is 131 Å². The van der Waals surface area contributed by atoms with Crippen LogP contribution in [0.1, 0.15) is 71.6 Å². The van der Waals surface area contributed by atoms with Gasteiger partial charge in [-0.15, -0.1) is 0 Å². The molecule has 0 bridgehead atoms. The minimum atomic E-state index is -0.376. The van der Waals surface area contributed by atoms with Crippen LogP contribution in [-0.4, -0.2) is 29.5 Å². The Morgan fingerprint density at radius 2 is 1.95 bits per heavy atom. The molecule has 1 aliphatic carbocycles. The average Bonchev–Trinajstić information content (AvgIpc) is 2.77. The number of amides is 1. The number of carbonyl (C=O) groups excluding carboxylic acids is 2. The van der Waals surface area contributed by atoms with Gasteiger partial charge in [0, 0.05) is 11.7 Å². The summed E-state index contributed by atoms with van der Waals surface area (Å²) in [5, 5.41) is 3.11. The summed E-state index contributed by atoms with van der Waals surface area (Å²) in [6, 6.07) is 0.218. The highest BCUT2D eigenvalue weighted by atomic mass is 16.5. The monoisotopic (exact) mass is 306 g/mol. The highest BCUT2D eigenvalue weighted by molar-refractivity contribution is 6.00. The third kappa shape index (κ3) is 3.34. The number of aromatic amines is 1. The van der Waals surface area contributed by atoms with Crippen LogP contribution < -0.4 is 5.32 Å². The normalized spacial score (nSPS) is 21.5. The van der Waals surface area contributed by atoms with E-state index in [-0.39, 0.29) is 17.9 Å². The standard InChI is InChI=1S/C17H26N2O3/c1-5-22-17(21)14-11(3)15(18-12(14)4)16(20)19-13-9-7-6-8-10(13)2/h10,13,18H,5-9H2,1-4H3,(H,19,20)/t10-,13-/m1/s1. The van der Waals surface area contributed by atoms with Crippen molar-refractivity contribution in [1.82, 2.24) is 10.3 Å². The first-order valence-electron chi connectivity index (χ1n) is 8.12. The zero-order valence-electron chi connectivity index (χ0n) is 13.9. The Balaban J connectivity index is 2.16. The molecule has 1 aliphatic rings. The summed E-state index contributed by atoms with van der Waals surface area (Å²) in [5.41, 5.74) is 2.29. The smallest absolute Gasteiger partial charge is 0.340 e. The molecule has 0 unspecified atom stereocenters. The summed E-state index contributed by atoms with van der Waals surface area (Å²) in [4.78, 5) is 27.6. The number of esters is 1. The van der Waals surface area contributed by atoms with E-state index >= 15 is 0 Å². The molecule has 0 spiro atoms. The van der Waals surface area contributed by atoms with Crippen molar-refractivity contribution in [2.75, 3.05) is 6.61 Å². The van der Waals surface area contributed by atoms with E-state index in [1.54, 1.807) is 20.8 Å². The Hall–Kier alpha value is -1.78. The lowest BCUT2D eigenvalue weighted by molar-refractivity contribution is 0.0525. The molecular formula is C17H26N2O3. The van der Waals surface area contributed by atoms with E-state index < -0.39 is 0 Å². The second-order valence-corrected chi connectivity index (χ2v) is 6.19. The maximum Gasteiger partial charge on any atom is 0.340 e. The molecule has 1 aromatic heterocycles. The fraction of sp³-hybridized carbons (Fsp3) is 0.647. The minimum absolute atomic E-state index is 0.130. The van der Waals surface area contributed by atoms with E-state index in [0.717, 1.165) is 19.3 Å². The van der Waals surface area contributed by atoms with Gasteiger partial charge in [0.05, 0.1) is 12.2 Å². The van der Waals surface area contributed by atoms with Crippen molar-refractivity contribution in [3.8, 4) is 0 Å². The third-order valence-corrected chi connectivity index (χ3v) is 4.57. The summed E-state index contributed by atoms with van der Waals surface area (Å²) in [6.07, 6.45) is 4.57. The summed E-state index contributed by atoms with van der Waals surface area (Å²) >= 11 is 0. The topological polar surface area (TPSA) is 71.2 Å². The molecule has 0 saturated heterocycles. The van der Waals surface area contributed by atoms with Gasteiger partial charge in [0.15, 0.2) is 0 Å². The van der Waals surface area contributed by atoms with E-state index in [4.69, 9.17) is 4.74 Å². The van der Waals surface area contributed by atoms with Crippen molar-refractivity contribution < 1.29 is 14.3 Å². The number of carbonyl (C=O) groups is 2. The first-order valence-corrected chi connectivity index (χ1v) is 8.12. The Bertz CT molecular complexity index is 562. The van der Waals surface area contributed by atoms with Gasteiger partial charge in [-0.2, -0.15) is 0 Å². The van der Waals surface area contributed by atoms with Crippen LogP contribution in [-0.2, 0) is 4.74 Å².